The first-order valence-electron chi connectivity index (χ1n) is 14.6. The highest BCUT2D eigenvalue weighted by Gasteiger charge is 2.33. The number of amides is 4. The summed E-state index contributed by atoms with van der Waals surface area (Å²) in [6.45, 7) is 5.31. The summed E-state index contributed by atoms with van der Waals surface area (Å²) in [5.41, 5.74) is 5.74. The van der Waals surface area contributed by atoms with Crippen LogP contribution in [0.25, 0.3) is 10.9 Å². The lowest BCUT2D eigenvalue weighted by atomic mass is 9.92. The van der Waals surface area contributed by atoms with Crippen LogP contribution in [-0.4, -0.2) is 71.4 Å². The van der Waals surface area contributed by atoms with Gasteiger partial charge in [0.1, 0.15) is 6.04 Å². The van der Waals surface area contributed by atoms with Crippen molar-refractivity contribution in [2.75, 3.05) is 38.0 Å². The van der Waals surface area contributed by atoms with Gasteiger partial charge in [0.25, 0.3) is 5.91 Å². The maximum absolute atomic E-state index is 13.8. The largest absolute Gasteiger partial charge is 0.361 e. The van der Waals surface area contributed by atoms with Crippen LogP contribution in [0.5, 0.6) is 0 Å². The van der Waals surface area contributed by atoms with E-state index >= 15 is 0 Å². The van der Waals surface area contributed by atoms with Crippen LogP contribution >= 0.6 is 0 Å². The molecular weight excluding hydrogens is 528 g/mol. The van der Waals surface area contributed by atoms with Crippen LogP contribution in [0, 0.1) is 0 Å². The summed E-state index contributed by atoms with van der Waals surface area (Å²) >= 11 is 0. The van der Waals surface area contributed by atoms with Crippen LogP contribution in [-0.2, 0) is 17.8 Å². The number of hydrogen-bond acceptors (Lipinski definition) is 4. The normalized spacial score (nSPS) is 16.4. The number of fused-ring (bicyclic) bond motifs is 2. The molecule has 3 aromatic carbocycles. The lowest BCUT2D eigenvalue weighted by Gasteiger charge is -2.36. The van der Waals surface area contributed by atoms with Gasteiger partial charge in [-0.3, -0.25) is 9.59 Å². The van der Waals surface area contributed by atoms with E-state index in [9.17, 15) is 14.4 Å². The smallest absolute Gasteiger partial charge is 0.318 e. The van der Waals surface area contributed by atoms with Gasteiger partial charge in [-0.15, -0.1) is 0 Å². The number of carbonyl (C=O) groups is 3. The number of aromatic amines is 1. The summed E-state index contributed by atoms with van der Waals surface area (Å²) in [5.74, 6) is -0.630. The first kappa shape index (κ1) is 27.5. The van der Waals surface area contributed by atoms with Crippen LogP contribution in [0.3, 0.4) is 0 Å². The third-order valence-electron chi connectivity index (χ3n) is 8.41. The van der Waals surface area contributed by atoms with E-state index in [2.05, 4.69) is 27.0 Å². The maximum Gasteiger partial charge on any atom is 0.318 e. The Kier molecular flexibility index (Phi) is 7.92. The molecule has 0 unspecified atom stereocenters. The second kappa shape index (κ2) is 12.1. The fourth-order valence-corrected chi connectivity index (χ4v) is 5.95. The van der Waals surface area contributed by atoms with E-state index in [4.69, 9.17) is 0 Å². The minimum Gasteiger partial charge on any atom is -0.361 e. The Balaban J connectivity index is 1.18. The van der Waals surface area contributed by atoms with E-state index in [0.717, 1.165) is 36.0 Å². The first-order valence-corrected chi connectivity index (χ1v) is 14.6. The number of aromatic nitrogens is 1. The van der Waals surface area contributed by atoms with Gasteiger partial charge in [-0.2, -0.15) is 0 Å². The number of urea groups is 1. The Bertz CT molecular complexity index is 1590. The van der Waals surface area contributed by atoms with Gasteiger partial charge >= 0.3 is 6.03 Å². The van der Waals surface area contributed by atoms with Gasteiger partial charge in [-0.1, -0.05) is 49.4 Å². The zero-order valence-corrected chi connectivity index (χ0v) is 23.7. The fraction of sp³-hybridized carbons (Fsp3) is 0.303. The van der Waals surface area contributed by atoms with Gasteiger partial charge in [0, 0.05) is 67.0 Å². The molecule has 6 rings (SSSR count). The maximum atomic E-state index is 13.8. The SMILES string of the molecule is C[C@@H](c1c[nH]c2ccccc12)[C@@H](NC(=O)N1CCN(C(=O)c2ccccc2)CC1)C(=O)Nc1ccc2c(c1)CNCC2. The first-order chi connectivity index (χ1) is 20.5. The minimum atomic E-state index is -0.824. The van der Waals surface area contributed by atoms with E-state index in [0.29, 0.717) is 37.4 Å². The van der Waals surface area contributed by atoms with E-state index in [1.165, 1.54) is 11.1 Å². The molecule has 1 fully saturated rings. The molecule has 0 spiro atoms. The molecule has 2 atom stereocenters. The molecule has 0 radical (unpaired) electrons. The molecule has 3 heterocycles. The average molecular weight is 565 g/mol. The topological polar surface area (TPSA) is 110 Å². The number of hydrogen-bond donors (Lipinski definition) is 4. The number of piperazine rings is 1. The highest BCUT2D eigenvalue weighted by molar-refractivity contribution is 5.99. The van der Waals surface area contributed by atoms with Gasteiger partial charge in [-0.05, 0) is 60.0 Å². The summed E-state index contributed by atoms with van der Waals surface area (Å²) in [7, 11) is 0. The Morgan fingerprint density at radius 2 is 1.60 bits per heavy atom. The Morgan fingerprint density at radius 3 is 2.40 bits per heavy atom. The van der Waals surface area contributed by atoms with Crippen molar-refractivity contribution in [1.29, 1.82) is 0 Å². The molecule has 1 saturated heterocycles. The third kappa shape index (κ3) is 5.73. The Morgan fingerprint density at radius 1 is 0.857 bits per heavy atom. The molecule has 0 saturated carbocycles. The Hall–Kier alpha value is -4.63. The summed E-state index contributed by atoms with van der Waals surface area (Å²) in [6, 6.07) is 22.0. The third-order valence-corrected chi connectivity index (χ3v) is 8.41. The number of nitrogens with zero attached hydrogens (tertiary/aromatic N) is 2. The van der Waals surface area contributed by atoms with Crippen molar-refractivity contribution in [3.05, 3.63) is 101 Å². The molecule has 0 bridgehead atoms. The highest BCUT2D eigenvalue weighted by atomic mass is 16.2. The summed E-state index contributed by atoms with van der Waals surface area (Å²) in [4.78, 5) is 47.0. The fourth-order valence-electron chi connectivity index (χ4n) is 5.95. The second-order valence-corrected chi connectivity index (χ2v) is 11.1. The molecular formula is C33H36N6O3. The zero-order chi connectivity index (χ0) is 29.1. The lowest BCUT2D eigenvalue weighted by molar-refractivity contribution is -0.118. The minimum absolute atomic E-state index is 0.0406. The van der Waals surface area contributed by atoms with E-state index in [1.807, 2.05) is 67.7 Å². The molecule has 2 aliphatic rings. The summed E-state index contributed by atoms with van der Waals surface area (Å²) < 4.78 is 0. The molecule has 0 aliphatic carbocycles. The van der Waals surface area contributed by atoms with Crippen LogP contribution in [0.1, 0.15) is 39.9 Å². The van der Waals surface area contributed by atoms with E-state index < -0.39 is 6.04 Å². The Labute approximate surface area is 245 Å². The molecule has 4 aromatic rings. The van der Waals surface area contributed by atoms with Gasteiger partial charge in [0.05, 0.1) is 0 Å². The molecule has 9 heteroatoms. The quantitative estimate of drug-likeness (QED) is 0.283. The van der Waals surface area contributed by atoms with Crippen LogP contribution in [0.4, 0.5) is 10.5 Å². The predicted octanol–water partition coefficient (Wildman–Crippen LogP) is 4.09. The number of H-pyrrole nitrogens is 1. The second-order valence-electron chi connectivity index (χ2n) is 11.1. The van der Waals surface area contributed by atoms with Crippen molar-refractivity contribution in [3.63, 3.8) is 0 Å². The number of carbonyl (C=O) groups excluding carboxylic acids is 3. The lowest BCUT2D eigenvalue weighted by Crippen LogP contribution is -2.57. The van der Waals surface area contributed by atoms with Crippen LogP contribution in [0.2, 0.25) is 0 Å². The van der Waals surface area contributed by atoms with Crippen molar-refractivity contribution in [1.82, 2.24) is 25.4 Å². The highest BCUT2D eigenvalue weighted by Crippen LogP contribution is 2.29. The van der Waals surface area contributed by atoms with Crippen LogP contribution < -0.4 is 16.0 Å². The van der Waals surface area contributed by atoms with Crippen molar-refractivity contribution in [3.8, 4) is 0 Å². The molecule has 4 amide bonds. The zero-order valence-electron chi connectivity index (χ0n) is 23.7. The summed E-state index contributed by atoms with van der Waals surface area (Å²) in [6.07, 6.45) is 2.88. The molecule has 42 heavy (non-hydrogen) atoms. The van der Waals surface area contributed by atoms with E-state index in [1.54, 1.807) is 21.9 Å². The molecule has 1 aromatic heterocycles. The van der Waals surface area contributed by atoms with Gasteiger partial charge in [0.15, 0.2) is 0 Å². The van der Waals surface area contributed by atoms with Gasteiger partial charge in [-0.25, -0.2) is 4.79 Å². The van der Waals surface area contributed by atoms with Crippen molar-refractivity contribution in [2.45, 2.75) is 31.8 Å². The molecule has 216 valence electrons. The van der Waals surface area contributed by atoms with E-state index in [-0.39, 0.29) is 23.8 Å². The van der Waals surface area contributed by atoms with Gasteiger partial charge in [0.2, 0.25) is 5.91 Å². The summed E-state index contributed by atoms with van der Waals surface area (Å²) in [5, 5.41) is 10.5. The van der Waals surface area contributed by atoms with Gasteiger partial charge < -0.3 is 30.7 Å². The average Bonchev–Trinajstić information content (AvgIpc) is 3.47. The van der Waals surface area contributed by atoms with Crippen molar-refractivity contribution >= 4 is 34.4 Å². The predicted molar refractivity (Wildman–Crippen MR) is 163 cm³/mol. The molecule has 9 nitrogen and oxygen atoms in total. The monoisotopic (exact) mass is 564 g/mol. The van der Waals surface area contributed by atoms with Crippen LogP contribution in [0.15, 0.2) is 79.0 Å². The standard InChI is InChI=1S/C33H36N6O3/c1-22(28-21-35-29-10-6-5-9-27(28)29)30(31(40)36-26-12-11-23-13-14-34-20-25(23)19-26)37-33(42)39-17-15-38(16-18-39)32(41)24-7-3-2-4-8-24/h2-12,19,21-22,30,34-35H,13-18,20H2,1H3,(H,36,40)(H,37,42)/t22-,30+/m0/s1. The number of rotatable bonds is 6. The molecule has 2 aliphatic heterocycles. The number of anilines is 1. The van der Waals surface area contributed by atoms with Crippen molar-refractivity contribution < 1.29 is 14.4 Å². The number of benzene rings is 3. The number of para-hydroxylation sites is 1. The number of nitrogens with one attached hydrogen (secondary N) is 4. The molecule has 4 N–H and O–H groups in total. The van der Waals surface area contributed by atoms with Crippen molar-refractivity contribution in [2.24, 2.45) is 0 Å².